The Morgan fingerprint density at radius 1 is 1.35 bits per heavy atom. The van der Waals surface area contributed by atoms with Crippen LogP contribution in [0.25, 0.3) is 0 Å². The molecule has 0 aliphatic carbocycles. The molecule has 1 aromatic carbocycles. The lowest BCUT2D eigenvalue weighted by atomic mass is 10.1. The summed E-state index contributed by atoms with van der Waals surface area (Å²) in [4.78, 5) is 17.7. The molecule has 0 saturated heterocycles. The third-order valence-electron chi connectivity index (χ3n) is 2.79. The van der Waals surface area contributed by atoms with Gasteiger partial charge in [-0.2, -0.15) is 4.98 Å². The fraction of sp³-hybridized carbons (Fsp3) is 0.167. The van der Waals surface area contributed by atoms with E-state index in [1.165, 1.54) is 6.07 Å². The van der Waals surface area contributed by atoms with Crippen molar-refractivity contribution in [2.75, 3.05) is 11.5 Å². The Morgan fingerprint density at radius 3 is 2.65 bits per heavy atom. The normalized spacial score (nSPS) is 10.5. The number of rotatable bonds is 3. The highest BCUT2D eigenvalue weighted by Gasteiger charge is 2.22. The molecule has 104 valence electrons. The van der Waals surface area contributed by atoms with E-state index >= 15 is 0 Å². The molecular formula is C12H12FN5O2. The maximum absolute atomic E-state index is 13.5. The summed E-state index contributed by atoms with van der Waals surface area (Å²) in [7, 11) is 0. The highest BCUT2D eigenvalue weighted by atomic mass is 19.1. The van der Waals surface area contributed by atoms with Gasteiger partial charge in [0, 0.05) is 6.42 Å². The predicted octanol–water partition coefficient (Wildman–Crippen LogP) is 1.59. The number of anilines is 2. The van der Waals surface area contributed by atoms with Crippen molar-refractivity contribution in [2.24, 2.45) is 0 Å². The molecule has 20 heavy (non-hydrogen) atoms. The number of hydrogen-bond acceptors (Lipinski definition) is 6. The first-order valence-electron chi connectivity index (χ1n) is 5.69. The van der Waals surface area contributed by atoms with Gasteiger partial charge in [0.1, 0.15) is 11.5 Å². The minimum atomic E-state index is -0.672. The van der Waals surface area contributed by atoms with Gasteiger partial charge < -0.3 is 11.5 Å². The van der Waals surface area contributed by atoms with Crippen LogP contribution in [0.1, 0.15) is 16.8 Å². The summed E-state index contributed by atoms with van der Waals surface area (Å²) < 4.78 is 13.5. The van der Waals surface area contributed by atoms with E-state index in [-0.39, 0.29) is 29.7 Å². The quantitative estimate of drug-likeness (QED) is 0.649. The third kappa shape index (κ3) is 2.63. The molecule has 4 N–H and O–H groups in total. The number of aromatic nitrogens is 2. The molecule has 0 atom stereocenters. The molecule has 1 aromatic heterocycles. The lowest BCUT2D eigenvalue weighted by molar-refractivity contribution is -0.385. The van der Waals surface area contributed by atoms with Gasteiger partial charge in [-0.3, -0.25) is 10.1 Å². The van der Waals surface area contributed by atoms with Crippen molar-refractivity contribution in [3.8, 4) is 0 Å². The minimum absolute atomic E-state index is 0.0461. The average Bonchev–Trinajstić information content (AvgIpc) is 2.32. The van der Waals surface area contributed by atoms with Crippen LogP contribution in [0.3, 0.4) is 0 Å². The highest BCUT2D eigenvalue weighted by Crippen LogP contribution is 2.26. The van der Waals surface area contributed by atoms with Gasteiger partial charge in [-0.15, -0.1) is 0 Å². The van der Waals surface area contributed by atoms with Crippen LogP contribution in [0.5, 0.6) is 0 Å². The monoisotopic (exact) mass is 277 g/mol. The van der Waals surface area contributed by atoms with E-state index < -0.39 is 10.6 Å². The van der Waals surface area contributed by atoms with Crippen LogP contribution in [-0.2, 0) is 6.42 Å². The molecule has 7 nitrogen and oxygen atoms in total. The standard InChI is InChI=1S/C12H12FN5O2/c1-6-2-3-7(4-8(6)13)5-9-10(18(19)20)11(14)17-12(15)16-9/h2-4H,5H2,1H3,(H4,14,15,16,17). The zero-order valence-corrected chi connectivity index (χ0v) is 10.6. The fourth-order valence-corrected chi connectivity index (χ4v) is 1.80. The van der Waals surface area contributed by atoms with Crippen LogP contribution in [0, 0.1) is 22.9 Å². The molecule has 0 aliphatic rings. The number of halogens is 1. The van der Waals surface area contributed by atoms with Crippen molar-refractivity contribution in [1.82, 2.24) is 9.97 Å². The zero-order chi connectivity index (χ0) is 14.9. The van der Waals surface area contributed by atoms with Gasteiger partial charge in [0.2, 0.25) is 11.8 Å². The van der Waals surface area contributed by atoms with Gasteiger partial charge in [-0.1, -0.05) is 12.1 Å². The fourth-order valence-electron chi connectivity index (χ4n) is 1.80. The van der Waals surface area contributed by atoms with Crippen LogP contribution >= 0.6 is 0 Å². The van der Waals surface area contributed by atoms with Gasteiger partial charge >= 0.3 is 5.69 Å². The average molecular weight is 277 g/mol. The van der Waals surface area contributed by atoms with Crippen molar-refractivity contribution in [1.29, 1.82) is 0 Å². The van der Waals surface area contributed by atoms with Crippen LogP contribution < -0.4 is 11.5 Å². The number of nitrogen functional groups attached to an aromatic ring is 2. The first kappa shape index (κ1) is 13.7. The van der Waals surface area contributed by atoms with Crippen LogP contribution in [0.15, 0.2) is 18.2 Å². The van der Waals surface area contributed by atoms with Crippen molar-refractivity contribution in [3.63, 3.8) is 0 Å². The van der Waals surface area contributed by atoms with Gasteiger partial charge in [-0.05, 0) is 24.1 Å². The predicted molar refractivity (Wildman–Crippen MR) is 71.5 cm³/mol. The number of benzene rings is 1. The molecule has 1 heterocycles. The molecule has 0 aliphatic heterocycles. The second-order valence-electron chi connectivity index (χ2n) is 4.28. The molecule has 0 unspecified atom stereocenters. The minimum Gasteiger partial charge on any atom is -0.378 e. The van der Waals surface area contributed by atoms with Gasteiger partial charge in [0.15, 0.2) is 0 Å². The Kier molecular flexibility index (Phi) is 3.47. The van der Waals surface area contributed by atoms with Gasteiger partial charge in [0.25, 0.3) is 0 Å². The number of nitrogens with two attached hydrogens (primary N) is 2. The van der Waals surface area contributed by atoms with E-state index in [4.69, 9.17) is 11.5 Å². The first-order valence-corrected chi connectivity index (χ1v) is 5.69. The molecular weight excluding hydrogens is 265 g/mol. The van der Waals surface area contributed by atoms with Crippen molar-refractivity contribution in [3.05, 3.63) is 51.0 Å². The van der Waals surface area contributed by atoms with Gasteiger partial charge in [0.05, 0.1) is 4.92 Å². The summed E-state index contributed by atoms with van der Waals surface area (Å²) in [6, 6.07) is 4.55. The Labute approximate surface area is 113 Å². The molecule has 0 radical (unpaired) electrons. The van der Waals surface area contributed by atoms with Crippen molar-refractivity contribution >= 4 is 17.5 Å². The summed E-state index contributed by atoms with van der Waals surface area (Å²) in [5, 5.41) is 11.0. The lowest BCUT2D eigenvalue weighted by Gasteiger charge is -2.06. The zero-order valence-electron chi connectivity index (χ0n) is 10.6. The Morgan fingerprint density at radius 2 is 2.05 bits per heavy atom. The molecule has 0 saturated carbocycles. The maximum Gasteiger partial charge on any atom is 0.332 e. The summed E-state index contributed by atoms with van der Waals surface area (Å²) in [6.45, 7) is 1.63. The summed E-state index contributed by atoms with van der Waals surface area (Å²) in [6.07, 6.45) is 0.0461. The molecule has 0 fully saturated rings. The summed E-state index contributed by atoms with van der Waals surface area (Å²) in [5.41, 5.74) is 11.6. The van der Waals surface area contributed by atoms with Crippen molar-refractivity contribution < 1.29 is 9.31 Å². The Bertz CT molecular complexity index is 690. The highest BCUT2D eigenvalue weighted by molar-refractivity contribution is 5.58. The SMILES string of the molecule is Cc1ccc(Cc2nc(N)nc(N)c2[N+](=O)[O-])cc1F. The third-order valence-corrected chi connectivity index (χ3v) is 2.79. The number of aryl methyl sites for hydroxylation is 1. The van der Waals surface area contributed by atoms with E-state index in [1.54, 1.807) is 19.1 Å². The second kappa shape index (κ2) is 5.08. The molecule has 2 aromatic rings. The second-order valence-corrected chi connectivity index (χ2v) is 4.28. The van der Waals surface area contributed by atoms with Crippen LogP contribution in [0.4, 0.5) is 21.8 Å². The summed E-state index contributed by atoms with van der Waals surface area (Å²) in [5.74, 6) is -0.846. The maximum atomic E-state index is 13.5. The molecule has 0 amide bonds. The Balaban J connectivity index is 2.47. The van der Waals surface area contributed by atoms with Crippen molar-refractivity contribution in [2.45, 2.75) is 13.3 Å². The van der Waals surface area contributed by atoms with Crippen LogP contribution in [-0.4, -0.2) is 14.9 Å². The smallest absolute Gasteiger partial charge is 0.332 e. The largest absolute Gasteiger partial charge is 0.378 e. The molecule has 2 rings (SSSR count). The van der Waals surface area contributed by atoms with Gasteiger partial charge in [-0.25, -0.2) is 9.37 Å². The number of hydrogen-bond donors (Lipinski definition) is 2. The molecule has 0 spiro atoms. The molecule has 8 heteroatoms. The number of nitrogens with zero attached hydrogens (tertiary/aromatic N) is 3. The van der Waals surface area contributed by atoms with E-state index in [0.717, 1.165) is 0 Å². The van der Waals surface area contributed by atoms with E-state index in [9.17, 15) is 14.5 Å². The number of nitro groups is 1. The Hall–Kier alpha value is -2.77. The lowest BCUT2D eigenvalue weighted by Crippen LogP contribution is -2.09. The van der Waals surface area contributed by atoms with E-state index in [2.05, 4.69) is 9.97 Å². The van der Waals surface area contributed by atoms with E-state index in [0.29, 0.717) is 11.1 Å². The van der Waals surface area contributed by atoms with Crippen LogP contribution in [0.2, 0.25) is 0 Å². The first-order chi connectivity index (χ1) is 9.38. The molecule has 0 bridgehead atoms. The summed E-state index contributed by atoms with van der Waals surface area (Å²) >= 11 is 0. The topological polar surface area (TPSA) is 121 Å². The van der Waals surface area contributed by atoms with E-state index in [1.807, 2.05) is 0 Å².